The number of benzene rings is 2. The highest BCUT2D eigenvalue weighted by molar-refractivity contribution is 7.92. The van der Waals surface area contributed by atoms with Crippen LogP contribution in [0.15, 0.2) is 82.6 Å². The highest BCUT2D eigenvalue weighted by Gasteiger charge is 2.39. The summed E-state index contributed by atoms with van der Waals surface area (Å²) in [5.74, 6) is -1.30. The van der Waals surface area contributed by atoms with E-state index in [0.29, 0.717) is 11.4 Å². The van der Waals surface area contributed by atoms with Crippen molar-refractivity contribution in [2.24, 2.45) is 0 Å². The van der Waals surface area contributed by atoms with Crippen LogP contribution in [-0.4, -0.2) is 30.2 Å². The molecule has 0 fully saturated rings. The van der Waals surface area contributed by atoms with E-state index in [2.05, 4.69) is 20.0 Å². The Bertz CT molecular complexity index is 1340. The third-order valence-electron chi connectivity index (χ3n) is 4.61. The van der Waals surface area contributed by atoms with Crippen molar-refractivity contribution < 1.29 is 18.0 Å². The molecule has 11 heteroatoms. The second-order valence-corrected chi connectivity index (χ2v) is 8.81. The van der Waals surface area contributed by atoms with Crippen molar-refractivity contribution in [2.75, 3.05) is 14.9 Å². The van der Waals surface area contributed by atoms with Crippen molar-refractivity contribution >= 4 is 50.8 Å². The Morgan fingerprint density at radius 1 is 0.906 bits per heavy atom. The number of anilines is 3. The summed E-state index contributed by atoms with van der Waals surface area (Å²) in [6, 6.07) is 14.1. The number of hydrogen-bond donors (Lipinski definition) is 2. The van der Waals surface area contributed by atoms with E-state index in [1.165, 1.54) is 36.7 Å². The van der Waals surface area contributed by atoms with Crippen LogP contribution in [0.25, 0.3) is 0 Å². The molecule has 1 aromatic heterocycles. The summed E-state index contributed by atoms with van der Waals surface area (Å²) in [5.41, 5.74) is 1.46. The minimum atomic E-state index is -3.91. The molecule has 0 bridgehead atoms. The number of carbonyl (C=O) groups is 2. The molecule has 1 aliphatic rings. The van der Waals surface area contributed by atoms with E-state index in [-0.39, 0.29) is 21.6 Å². The topological polar surface area (TPSA) is 121 Å². The molecule has 0 saturated carbocycles. The van der Waals surface area contributed by atoms with Gasteiger partial charge in [0.1, 0.15) is 10.7 Å². The average Bonchev–Trinajstić information content (AvgIpc) is 2.98. The number of aromatic nitrogens is 2. The molecule has 1 aliphatic heterocycles. The zero-order valence-electron chi connectivity index (χ0n) is 16.6. The smallest absolute Gasteiger partial charge is 0.283 e. The van der Waals surface area contributed by atoms with E-state index in [1.807, 2.05) is 0 Å². The maximum absolute atomic E-state index is 12.9. The van der Waals surface area contributed by atoms with E-state index in [9.17, 15) is 18.0 Å². The van der Waals surface area contributed by atoms with Crippen LogP contribution in [-0.2, 0) is 19.6 Å². The summed E-state index contributed by atoms with van der Waals surface area (Å²) in [6.45, 7) is 1.78. The van der Waals surface area contributed by atoms with Crippen LogP contribution in [0, 0.1) is 6.92 Å². The molecule has 2 aromatic carbocycles. The summed E-state index contributed by atoms with van der Waals surface area (Å²) < 4.78 is 27.2. The molecule has 32 heavy (non-hydrogen) atoms. The number of sulfonamides is 1. The number of hydrogen-bond acceptors (Lipinski definition) is 7. The Hall–Kier alpha value is -3.76. The van der Waals surface area contributed by atoms with E-state index in [4.69, 9.17) is 11.6 Å². The highest BCUT2D eigenvalue weighted by atomic mass is 35.5. The van der Waals surface area contributed by atoms with Crippen molar-refractivity contribution in [3.8, 4) is 0 Å². The second-order valence-electron chi connectivity index (χ2n) is 6.75. The van der Waals surface area contributed by atoms with Gasteiger partial charge in [0.15, 0.2) is 0 Å². The summed E-state index contributed by atoms with van der Waals surface area (Å²) in [6.07, 6.45) is 2.82. The molecule has 162 valence electrons. The lowest BCUT2D eigenvalue weighted by Gasteiger charge is -2.17. The quantitative estimate of drug-likeness (QED) is 0.532. The third-order valence-corrected chi connectivity index (χ3v) is 6.30. The first-order valence-corrected chi connectivity index (χ1v) is 11.1. The summed E-state index contributed by atoms with van der Waals surface area (Å²) in [7, 11) is -3.91. The van der Waals surface area contributed by atoms with Gasteiger partial charge in [-0.3, -0.25) is 9.59 Å². The Labute approximate surface area is 188 Å². The lowest BCUT2D eigenvalue weighted by molar-refractivity contribution is -0.120. The minimum Gasteiger partial charge on any atom is -0.350 e. The maximum Gasteiger partial charge on any atom is 0.283 e. The van der Waals surface area contributed by atoms with E-state index >= 15 is 0 Å². The number of amides is 2. The van der Waals surface area contributed by atoms with Crippen LogP contribution in [0.5, 0.6) is 0 Å². The van der Waals surface area contributed by atoms with Gasteiger partial charge >= 0.3 is 0 Å². The van der Waals surface area contributed by atoms with E-state index < -0.39 is 21.8 Å². The molecule has 0 unspecified atom stereocenters. The summed E-state index contributed by atoms with van der Waals surface area (Å²) >= 11 is 6.15. The maximum atomic E-state index is 12.9. The Balaban J connectivity index is 1.54. The first-order valence-electron chi connectivity index (χ1n) is 9.29. The van der Waals surface area contributed by atoms with Crippen LogP contribution in [0.2, 0.25) is 0 Å². The van der Waals surface area contributed by atoms with Gasteiger partial charge in [0.2, 0.25) is 5.95 Å². The van der Waals surface area contributed by atoms with Gasteiger partial charge in [-0.05, 0) is 48.9 Å². The van der Waals surface area contributed by atoms with Gasteiger partial charge in [0.05, 0.1) is 10.6 Å². The van der Waals surface area contributed by atoms with Gasteiger partial charge in [0, 0.05) is 18.1 Å². The molecule has 9 nitrogen and oxygen atoms in total. The Morgan fingerprint density at radius 2 is 1.56 bits per heavy atom. The third kappa shape index (κ3) is 4.05. The van der Waals surface area contributed by atoms with Crippen molar-refractivity contribution in [1.29, 1.82) is 0 Å². The molecule has 0 atom stereocenters. The monoisotopic (exact) mass is 469 g/mol. The minimum absolute atomic E-state index is 0.0362. The predicted octanol–water partition coefficient (Wildman–Crippen LogP) is 3.02. The number of carbonyl (C=O) groups excluding carboxylic acids is 2. The summed E-state index contributed by atoms with van der Waals surface area (Å²) in [4.78, 5) is 34.1. The van der Waals surface area contributed by atoms with E-state index in [0.717, 1.165) is 10.5 Å². The van der Waals surface area contributed by atoms with Crippen LogP contribution in [0.4, 0.5) is 17.3 Å². The molecular formula is C21H16ClN5O4S. The highest BCUT2D eigenvalue weighted by Crippen LogP contribution is 2.32. The second kappa shape index (κ2) is 8.40. The standard InChI is InChI=1S/C21H16ClN5O4S/c1-13-5-2-3-6-16(13)27-19(28)17(22)18(20(27)29)25-14-7-9-15(10-8-14)32(30,31)26-21-23-11-4-12-24-21/h2-12,25H,1H3,(H,23,24,26). The van der Waals surface area contributed by atoms with Gasteiger partial charge in [-0.25, -0.2) is 28.0 Å². The molecule has 4 rings (SSSR count). The van der Waals surface area contributed by atoms with Gasteiger partial charge in [-0.1, -0.05) is 29.8 Å². The number of halogens is 1. The molecule has 0 saturated heterocycles. The number of nitrogens with zero attached hydrogens (tertiary/aromatic N) is 3. The van der Waals surface area contributed by atoms with Crippen molar-refractivity contribution in [1.82, 2.24) is 9.97 Å². The fourth-order valence-corrected chi connectivity index (χ4v) is 4.21. The van der Waals surface area contributed by atoms with Crippen LogP contribution >= 0.6 is 11.6 Å². The Kier molecular flexibility index (Phi) is 5.64. The molecule has 2 N–H and O–H groups in total. The molecule has 2 amide bonds. The van der Waals surface area contributed by atoms with Crippen molar-refractivity contribution in [3.05, 3.63) is 83.3 Å². The number of nitrogens with one attached hydrogen (secondary N) is 2. The number of aryl methyl sites for hydroxylation is 1. The molecular weight excluding hydrogens is 454 g/mol. The first kappa shape index (κ1) is 21.5. The van der Waals surface area contributed by atoms with Crippen LogP contribution in [0.3, 0.4) is 0 Å². The molecule has 0 spiro atoms. The number of rotatable bonds is 6. The lowest BCUT2D eigenvalue weighted by atomic mass is 10.2. The van der Waals surface area contributed by atoms with Crippen molar-refractivity contribution in [3.63, 3.8) is 0 Å². The SMILES string of the molecule is Cc1ccccc1N1C(=O)C(Cl)=C(Nc2ccc(S(=O)(=O)Nc3ncccn3)cc2)C1=O. The van der Waals surface area contributed by atoms with Crippen LogP contribution < -0.4 is 14.9 Å². The zero-order valence-corrected chi connectivity index (χ0v) is 18.2. The first-order chi connectivity index (χ1) is 15.3. The van der Waals surface area contributed by atoms with Gasteiger partial charge in [-0.15, -0.1) is 0 Å². The largest absolute Gasteiger partial charge is 0.350 e. The lowest BCUT2D eigenvalue weighted by Crippen LogP contribution is -2.32. The number of para-hydroxylation sites is 1. The zero-order chi connectivity index (χ0) is 22.9. The van der Waals surface area contributed by atoms with Gasteiger partial charge < -0.3 is 5.32 Å². The van der Waals surface area contributed by atoms with Gasteiger partial charge in [-0.2, -0.15) is 0 Å². The van der Waals surface area contributed by atoms with Crippen molar-refractivity contribution in [2.45, 2.75) is 11.8 Å². The Morgan fingerprint density at radius 3 is 2.22 bits per heavy atom. The predicted molar refractivity (Wildman–Crippen MR) is 119 cm³/mol. The van der Waals surface area contributed by atoms with Gasteiger partial charge in [0.25, 0.3) is 21.8 Å². The average molecular weight is 470 g/mol. The molecule has 0 aliphatic carbocycles. The number of imide groups is 1. The molecule has 2 heterocycles. The van der Waals surface area contributed by atoms with Crippen LogP contribution in [0.1, 0.15) is 5.56 Å². The molecule has 3 aromatic rings. The molecule has 0 radical (unpaired) electrons. The fourth-order valence-electron chi connectivity index (χ4n) is 3.04. The summed E-state index contributed by atoms with van der Waals surface area (Å²) in [5, 5.41) is 2.56. The van der Waals surface area contributed by atoms with E-state index in [1.54, 1.807) is 37.3 Å². The normalized spacial score (nSPS) is 14.1. The fraction of sp³-hybridized carbons (Fsp3) is 0.0476.